The quantitative estimate of drug-likeness (QED) is 0.164. The zero-order chi connectivity index (χ0) is 32.5. The van der Waals surface area contributed by atoms with Crippen molar-refractivity contribution < 1.29 is 14.4 Å². The molecule has 46 heavy (non-hydrogen) atoms. The molecular weight excluding hydrogens is 578 g/mol. The zero-order valence-electron chi connectivity index (χ0n) is 26.7. The van der Waals surface area contributed by atoms with E-state index in [0.717, 1.165) is 41.9 Å². The topological polar surface area (TPSA) is 95.1 Å². The second-order valence-corrected chi connectivity index (χ2v) is 11.1. The molecule has 1 aliphatic rings. The molecule has 1 saturated heterocycles. The standard InChI is InChI=1S/C36H39N7O3/c1-6-36(44)40-29-22-30(33(45-5)23-32(29)42(4)19-18-41(2)3)39-34-24-35(38-25-37-34)43-31(17-20-46-43)28-14-10-13-27(21-28)16-15-26-11-8-7-9-12-26/h6-14,21-25,31H,1,17-20H2,2-5H3,(H,40,44)(H,37,38,39)/t31-/m1/s1. The Morgan fingerprint density at radius 3 is 2.57 bits per heavy atom. The maximum atomic E-state index is 12.4. The average molecular weight is 618 g/mol. The molecule has 1 aliphatic heterocycles. The molecule has 1 amide bonds. The molecule has 2 N–H and O–H groups in total. The molecule has 1 aromatic heterocycles. The SMILES string of the molecule is C=CC(=O)Nc1cc(Nc2cc(N3OCC[C@@H]3c3cccc(C#Cc4ccccc4)c3)ncn2)c(OC)cc1N(C)CCN(C)C. The fraction of sp³-hybridized carbons (Fsp3) is 0.250. The Kier molecular flexibility index (Phi) is 10.5. The molecule has 0 unspecified atom stereocenters. The number of anilines is 5. The molecule has 3 aromatic carbocycles. The predicted molar refractivity (Wildman–Crippen MR) is 184 cm³/mol. The molecule has 10 nitrogen and oxygen atoms in total. The molecule has 0 spiro atoms. The molecule has 2 heterocycles. The first-order valence-electron chi connectivity index (χ1n) is 15.0. The van der Waals surface area contributed by atoms with Gasteiger partial charge < -0.3 is 25.2 Å². The van der Waals surface area contributed by atoms with Crippen LogP contribution in [0, 0.1) is 11.8 Å². The molecule has 1 atom stereocenters. The Labute approximate surface area is 270 Å². The predicted octanol–water partition coefficient (Wildman–Crippen LogP) is 5.63. The van der Waals surface area contributed by atoms with Gasteiger partial charge in [0.15, 0.2) is 5.82 Å². The highest BCUT2D eigenvalue weighted by atomic mass is 16.7. The summed E-state index contributed by atoms with van der Waals surface area (Å²) in [6, 6.07) is 23.7. The van der Waals surface area contributed by atoms with Crippen molar-refractivity contribution >= 4 is 34.6 Å². The summed E-state index contributed by atoms with van der Waals surface area (Å²) < 4.78 is 5.76. The first-order chi connectivity index (χ1) is 22.3. The van der Waals surface area contributed by atoms with Gasteiger partial charge in [-0.2, -0.15) is 0 Å². The van der Waals surface area contributed by atoms with Gasteiger partial charge in [-0.1, -0.05) is 48.8 Å². The number of likely N-dealkylation sites (N-methyl/N-ethyl adjacent to an activating group) is 2. The van der Waals surface area contributed by atoms with E-state index >= 15 is 0 Å². The number of carbonyl (C=O) groups is 1. The minimum absolute atomic E-state index is 0.0477. The van der Waals surface area contributed by atoms with Gasteiger partial charge in [0.1, 0.15) is 17.9 Å². The van der Waals surface area contributed by atoms with Crippen molar-refractivity contribution in [3.8, 4) is 17.6 Å². The molecule has 0 aliphatic carbocycles. The van der Waals surface area contributed by atoms with Gasteiger partial charge in [0.2, 0.25) is 5.91 Å². The monoisotopic (exact) mass is 617 g/mol. The van der Waals surface area contributed by atoms with Crippen molar-refractivity contribution in [2.45, 2.75) is 12.5 Å². The van der Waals surface area contributed by atoms with Gasteiger partial charge in [0, 0.05) is 49.8 Å². The van der Waals surface area contributed by atoms with E-state index in [1.54, 1.807) is 7.11 Å². The van der Waals surface area contributed by atoms with Crippen molar-refractivity contribution in [3.63, 3.8) is 0 Å². The molecule has 10 heteroatoms. The number of nitrogens with zero attached hydrogens (tertiary/aromatic N) is 5. The highest BCUT2D eigenvalue weighted by Crippen LogP contribution is 2.39. The largest absolute Gasteiger partial charge is 0.494 e. The van der Waals surface area contributed by atoms with Crippen LogP contribution in [0.15, 0.2) is 91.8 Å². The molecule has 0 radical (unpaired) electrons. The highest BCUT2D eigenvalue weighted by molar-refractivity contribution is 6.02. The number of benzene rings is 3. The highest BCUT2D eigenvalue weighted by Gasteiger charge is 2.29. The number of hydrogen-bond acceptors (Lipinski definition) is 9. The van der Waals surface area contributed by atoms with Gasteiger partial charge in [-0.3, -0.25) is 9.63 Å². The van der Waals surface area contributed by atoms with E-state index in [2.05, 4.69) is 61.0 Å². The van der Waals surface area contributed by atoms with Crippen LogP contribution >= 0.6 is 0 Å². The maximum absolute atomic E-state index is 12.4. The summed E-state index contributed by atoms with van der Waals surface area (Å²) in [5.41, 5.74) is 5.04. The van der Waals surface area contributed by atoms with Gasteiger partial charge in [0.25, 0.3) is 0 Å². The lowest BCUT2D eigenvalue weighted by atomic mass is 10.0. The maximum Gasteiger partial charge on any atom is 0.247 e. The van der Waals surface area contributed by atoms with Crippen LogP contribution in [0.25, 0.3) is 0 Å². The second-order valence-electron chi connectivity index (χ2n) is 11.1. The number of nitrogens with one attached hydrogen (secondary N) is 2. The second kappa shape index (κ2) is 15.1. The Hall–Kier alpha value is -5.37. The summed E-state index contributed by atoms with van der Waals surface area (Å²) in [4.78, 5) is 31.6. The van der Waals surface area contributed by atoms with Gasteiger partial charge in [-0.25, -0.2) is 15.0 Å². The summed E-state index contributed by atoms with van der Waals surface area (Å²) in [5, 5.41) is 8.11. The number of hydroxylamine groups is 1. The number of ether oxygens (including phenoxy) is 1. The number of methoxy groups -OCH3 is 1. The van der Waals surface area contributed by atoms with E-state index in [1.807, 2.05) is 86.9 Å². The molecule has 4 aromatic rings. The molecule has 1 fully saturated rings. The fourth-order valence-electron chi connectivity index (χ4n) is 5.07. The van der Waals surface area contributed by atoms with Crippen LogP contribution in [0.3, 0.4) is 0 Å². The Balaban J connectivity index is 1.40. The number of amides is 1. The van der Waals surface area contributed by atoms with E-state index in [-0.39, 0.29) is 11.9 Å². The smallest absolute Gasteiger partial charge is 0.247 e. The lowest BCUT2D eigenvalue weighted by molar-refractivity contribution is -0.111. The van der Waals surface area contributed by atoms with E-state index in [9.17, 15) is 4.79 Å². The van der Waals surface area contributed by atoms with Crippen LogP contribution in [0.2, 0.25) is 0 Å². The van der Waals surface area contributed by atoms with Gasteiger partial charge >= 0.3 is 0 Å². The third kappa shape index (κ3) is 8.01. The van der Waals surface area contributed by atoms with Gasteiger partial charge in [-0.05, 0) is 56.1 Å². The molecular formula is C36H39N7O3. The van der Waals surface area contributed by atoms with Gasteiger partial charge in [0.05, 0.1) is 36.8 Å². The summed E-state index contributed by atoms with van der Waals surface area (Å²) in [6.07, 6.45) is 3.54. The normalized spacial score (nSPS) is 13.9. The van der Waals surface area contributed by atoms with Crippen molar-refractivity contribution in [2.24, 2.45) is 0 Å². The van der Waals surface area contributed by atoms with E-state index in [1.165, 1.54) is 12.4 Å². The lowest BCUT2D eigenvalue weighted by Crippen LogP contribution is -2.29. The van der Waals surface area contributed by atoms with Crippen molar-refractivity contribution in [2.75, 3.05) is 68.5 Å². The first-order valence-corrected chi connectivity index (χ1v) is 15.0. The van der Waals surface area contributed by atoms with Crippen LogP contribution < -0.4 is 25.3 Å². The van der Waals surface area contributed by atoms with Crippen LogP contribution in [0.4, 0.5) is 28.7 Å². The lowest BCUT2D eigenvalue weighted by Gasteiger charge is -2.26. The molecule has 236 valence electrons. The first kappa shape index (κ1) is 32.0. The van der Waals surface area contributed by atoms with E-state index in [0.29, 0.717) is 35.4 Å². The van der Waals surface area contributed by atoms with Crippen LogP contribution in [-0.4, -0.2) is 68.7 Å². The Bertz CT molecular complexity index is 1730. The fourth-order valence-corrected chi connectivity index (χ4v) is 5.07. The van der Waals surface area contributed by atoms with Crippen molar-refractivity contribution in [3.05, 3.63) is 108 Å². The molecule has 0 saturated carbocycles. The zero-order valence-corrected chi connectivity index (χ0v) is 26.7. The third-order valence-corrected chi connectivity index (χ3v) is 7.50. The van der Waals surface area contributed by atoms with Crippen LogP contribution in [0.1, 0.15) is 29.2 Å². The summed E-state index contributed by atoms with van der Waals surface area (Å²) in [5.74, 6) is 7.94. The number of rotatable bonds is 11. The number of aromatic nitrogens is 2. The Morgan fingerprint density at radius 1 is 1.02 bits per heavy atom. The summed E-state index contributed by atoms with van der Waals surface area (Å²) in [7, 11) is 7.63. The average Bonchev–Trinajstić information content (AvgIpc) is 3.57. The minimum atomic E-state index is -0.310. The van der Waals surface area contributed by atoms with E-state index < -0.39 is 0 Å². The van der Waals surface area contributed by atoms with Crippen LogP contribution in [-0.2, 0) is 9.63 Å². The molecule has 0 bridgehead atoms. The minimum Gasteiger partial charge on any atom is -0.494 e. The van der Waals surface area contributed by atoms with Crippen LogP contribution in [0.5, 0.6) is 5.75 Å². The van der Waals surface area contributed by atoms with Gasteiger partial charge in [-0.15, -0.1) is 0 Å². The number of hydrogen-bond donors (Lipinski definition) is 2. The summed E-state index contributed by atoms with van der Waals surface area (Å²) >= 11 is 0. The summed E-state index contributed by atoms with van der Waals surface area (Å²) in [6.45, 7) is 5.74. The third-order valence-electron chi connectivity index (χ3n) is 7.50. The van der Waals surface area contributed by atoms with Crippen molar-refractivity contribution in [1.29, 1.82) is 0 Å². The Morgan fingerprint density at radius 2 is 1.80 bits per heavy atom. The van der Waals surface area contributed by atoms with E-state index in [4.69, 9.17) is 9.57 Å². The van der Waals surface area contributed by atoms with Crippen molar-refractivity contribution in [1.82, 2.24) is 14.9 Å². The molecule has 5 rings (SSSR count). The number of carbonyl (C=O) groups excluding carboxylic acids is 1.